The van der Waals surface area contributed by atoms with E-state index in [1.165, 1.54) is 24.3 Å². The zero-order valence-corrected chi connectivity index (χ0v) is 10.4. The first kappa shape index (κ1) is 13.0. The summed E-state index contributed by atoms with van der Waals surface area (Å²) in [6.07, 6.45) is 1.58. The minimum atomic E-state index is -0.375. The summed E-state index contributed by atoms with van der Waals surface area (Å²) in [6.45, 7) is 1.96. The van der Waals surface area contributed by atoms with E-state index in [9.17, 15) is 9.18 Å². The second-order valence-electron chi connectivity index (χ2n) is 4.06. The van der Waals surface area contributed by atoms with Gasteiger partial charge in [0.15, 0.2) is 0 Å². The normalized spacial score (nSPS) is 10.6. The molecule has 0 heterocycles. The molecule has 4 heteroatoms. The van der Waals surface area contributed by atoms with Crippen LogP contribution in [0, 0.1) is 12.7 Å². The van der Waals surface area contributed by atoms with Gasteiger partial charge in [0.2, 0.25) is 0 Å². The van der Waals surface area contributed by atoms with Gasteiger partial charge in [-0.15, -0.1) is 0 Å². The topological polar surface area (TPSA) is 41.5 Å². The van der Waals surface area contributed by atoms with Crippen LogP contribution in [0.15, 0.2) is 53.6 Å². The van der Waals surface area contributed by atoms with E-state index in [4.69, 9.17) is 0 Å². The van der Waals surface area contributed by atoms with Crippen molar-refractivity contribution in [2.24, 2.45) is 5.10 Å². The minimum Gasteiger partial charge on any atom is -0.267 e. The number of aryl methyl sites for hydroxylation is 1. The Kier molecular flexibility index (Phi) is 4.03. The Balaban J connectivity index is 2.01. The van der Waals surface area contributed by atoms with Crippen molar-refractivity contribution >= 4 is 12.1 Å². The van der Waals surface area contributed by atoms with Crippen LogP contribution >= 0.6 is 0 Å². The molecule has 0 radical (unpaired) electrons. The molecule has 19 heavy (non-hydrogen) atoms. The van der Waals surface area contributed by atoms with E-state index in [-0.39, 0.29) is 11.7 Å². The van der Waals surface area contributed by atoms with Gasteiger partial charge >= 0.3 is 0 Å². The van der Waals surface area contributed by atoms with Crippen LogP contribution in [0.4, 0.5) is 4.39 Å². The highest BCUT2D eigenvalue weighted by molar-refractivity contribution is 5.94. The number of hydrogen-bond donors (Lipinski definition) is 1. The van der Waals surface area contributed by atoms with Crippen molar-refractivity contribution in [3.63, 3.8) is 0 Å². The molecular weight excluding hydrogens is 243 g/mol. The predicted molar refractivity (Wildman–Crippen MR) is 72.6 cm³/mol. The second kappa shape index (κ2) is 5.91. The third-order valence-electron chi connectivity index (χ3n) is 2.66. The number of benzene rings is 2. The molecule has 0 aliphatic rings. The molecule has 2 rings (SSSR count). The van der Waals surface area contributed by atoms with Gasteiger partial charge in [-0.25, -0.2) is 9.82 Å². The van der Waals surface area contributed by atoms with E-state index >= 15 is 0 Å². The van der Waals surface area contributed by atoms with Crippen LogP contribution in [-0.2, 0) is 0 Å². The first-order chi connectivity index (χ1) is 9.16. The van der Waals surface area contributed by atoms with Gasteiger partial charge in [-0.1, -0.05) is 24.3 Å². The molecule has 0 aliphatic carbocycles. The highest BCUT2D eigenvalue weighted by atomic mass is 19.1. The van der Waals surface area contributed by atoms with Gasteiger partial charge in [-0.05, 0) is 42.3 Å². The molecule has 0 saturated heterocycles. The van der Waals surface area contributed by atoms with Gasteiger partial charge in [0.25, 0.3) is 5.91 Å². The van der Waals surface area contributed by atoms with E-state index in [1.807, 2.05) is 31.2 Å². The second-order valence-corrected chi connectivity index (χ2v) is 4.06. The van der Waals surface area contributed by atoms with Crippen molar-refractivity contribution < 1.29 is 9.18 Å². The predicted octanol–water partition coefficient (Wildman–Crippen LogP) is 2.90. The number of amides is 1. The molecule has 1 amide bonds. The lowest BCUT2D eigenvalue weighted by Gasteiger charge is -2.00. The Morgan fingerprint density at radius 1 is 1.16 bits per heavy atom. The van der Waals surface area contributed by atoms with E-state index in [0.717, 1.165) is 11.1 Å². The van der Waals surface area contributed by atoms with E-state index < -0.39 is 0 Å². The Hall–Kier alpha value is -2.49. The minimum absolute atomic E-state index is 0.364. The maximum Gasteiger partial charge on any atom is 0.271 e. The van der Waals surface area contributed by atoms with Crippen molar-refractivity contribution in [1.29, 1.82) is 0 Å². The van der Waals surface area contributed by atoms with E-state index in [2.05, 4.69) is 10.5 Å². The quantitative estimate of drug-likeness (QED) is 0.665. The monoisotopic (exact) mass is 256 g/mol. The fourth-order valence-corrected chi connectivity index (χ4v) is 1.56. The summed E-state index contributed by atoms with van der Waals surface area (Å²) in [6, 6.07) is 13.0. The number of nitrogens with one attached hydrogen (secondary N) is 1. The van der Waals surface area contributed by atoms with E-state index in [0.29, 0.717) is 5.56 Å². The van der Waals surface area contributed by atoms with Gasteiger partial charge in [0.1, 0.15) is 5.82 Å². The highest BCUT2D eigenvalue weighted by Crippen LogP contribution is 2.04. The smallest absolute Gasteiger partial charge is 0.267 e. The molecule has 0 fully saturated rings. The van der Waals surface area contributed by atoms with Crippen molar-refractivity contribution in [3.8, 4) is 0 Å². The third kappa shape index (κ3) is 3.48. The summed E-state index contributed by atoms with van der Waals surface area (Å²) in [5.41, 5.74) is 4.77. The standard InChI is InChI=1S/C15H13FN2O/c1-11-4-2-3-5-13(11)10-17-18-15(19)12-6-8-14(16)9-7-12/h2-10H,1H3,(H,18,19). The molecule has 96 valence electrons. The summed E-state index contributed by atoms with van der Waals surface area (Å²) in [7, 11) is 0. The number of carbonyl (C=O) groups is 1. The number of carbonyl (C=O) groups excluding carboxylic acids is 1. The van der Waals surface area contributed by atoms with Gasteiger partial charge in [0.05, 0.1) is 6.21 Å². The molecule has 2 aromatic carbocycles. The Labute approximate surface area is 110 Å². The molecular formula is C15H13FN2O. The molecule has 3 nitrogen and oxygen atoms in total. The Morgan fingerprint density at radius 3 is 2.53 bits per heavy atom. The first-order valence-corrected chi connectivity index (χ1v) is 5.81. The average molecular weight is 256 g/mol. The lowest BCUT2D eigenvalue weighted by molar-refractivity contribution is 0.0955. The Morgan fingerprint density at radius 2 is 1.84 bits per heavy atom. The lowest BCUT2D eigenvalue weighted by atomic mass is 10.1. The SMILES string of the molecule is Cc1ccccc1C=NNC(=O)c1ccc(F)cc1. The van der Waals surface area contributed by atoms with Crippen molar-refractivity contribution in [3.05, 3.63) is 71.0 Å². The van der Waals surface area contributed by atoms with Gasteiger partial charge in [-0.2, -0.15) is 5.10 Å². The number of nitrogens with zero attached hydrogens (tertiary/aromatic N) is 1. The largest absolute Gasteiger partial charge is 0.271 e. The van der Waals surface area contributed by atoms with Crippen LogP contribution in [-0.4, -0.2) is 12.1 Å². The number of rotatable bonds is 3. The molecule has 0 bridgehead atoms. The van der Waals surface area contributed by atoms with Crippen molar-refractivity contribution in [2.75, 3.05) is 0 Å². The van der Waals surface area contributed by atoms with Crippen LogP contribution in [0.25, 0.3) is 0 Å². The summed E-state index contributed by atoms with van der Waals surface area (Å²) in [5, 5.41) is 3.88. The zero-order chi connectivity index (χ0) is 13.7. The van der Waals surface area contributed by atoms with Gasteiger partial charge in [0, 0.05) is 5.56 Å². The van der Waals surface area contributed by atoms with Crippen LogP contribution in [0.5, 0.6) is 0 Å². The van der Waals surface area contributed by atoms with Crippen molar-refractivity contribution in [1.82, 2.24) is 5.43 Å². The first-order valence-electron chi connectivity index (χ1n) is 5.81. The summed E-state index contributed by atoms with van der Waals surface area (Å²) < 4.78 is 12.7. The molecule has 1 N–H and O–H groups in total. The fraction of sp³-hybridized carbons (Fsp3) is 0.0667. The molecule has 0 aliphatic heterocycles. The highest BCUT2D eigenvalue weighted by Gasteiger charge is 2.03. The molecule has 0 unspecified atom stereocenters. The van der Waals surface area contributed by atoms with Crippen LogP contribution in [0.1, 0.15) is 21.5 Å². The summed E-state index contributed by atoms with van der Waals surface area (Å²) >= 11 is 0. The van der Waals surface area contributed by atoms with Crippen LogP contribution in [0.3, 0.4) is 0 Å². The number of hydrogen-bond acceptors (Lipinski definition) is 2. The fourth-order valence-electron chi connectivity index (χ4n) is 1.56. The maximum absolute atomic E-state index is 12.7. The average Bonchev–Trinajstić information content (AvgIpc) is 2.41. The summed E-state index contributed by atoms with van der Waals surface area (Å²) in [4.78, 5) is 11.7. The molecule has 0 spiro atoms. The van der Waals surface area contributed by atoms with Crippen molar-refractivity contribution in [2.45, 2.75) is 6.92 Å². The lowest BCUT2D eigenvalue weighted by Crippen LogP contribution is -2.17. The zero-order valence-electron chi connectivity index (χ0n) is 10.4. The molecule has 0 atom stereocenters. The third-order valence-corrected chi connectivity index (χ3v) is 2.66. The van der Waals surface area contributed by atoms with Crippen LogP contribution < -0.4 is 5.43 Å². The summed E-state index contributed by atoms with van der Waals surface area (Å²) in [5.74, 6) is -0.746. The number of hydrazone groups is 1. The van der Waals surface area contributed by atoms with Crippen LogP contribution in [0.2, 0.25) is 0 Å². The Bertz CT molecular complexity index is 606. The molecule has 0 saturated carbocycles. The number of halogens is 1. The van der Waals surface area contributed by atoms with Gasteiger partial charge in [-0.3, -0.25) is 4.79 Å². The molecule has 0 aromatic heterocycles. The van der Waals surface area contributed by atoms with Gasteiger partial charge < -0.3 is 0 Å². The maximum atomic E-state index is 12.7. The van der Waals surface area contributed by atoms with E-state index in [1.54, 1.807) is 6.21 Å². The molecule has 2 aromatic rings.